The Morgan fingerprint density at radius 2 is 1.43 bits per heavy atom. The van der Waals surface area contributed by atoms with E-state index in [4.69, 9.17) is 0 Å². The van der Waals surface area contributed by atoms with E-state index in [9.17, 15) is 0 Å². The molecule has 0 fully saturated rings. The quantitative estimate of drug-likeness (QED) is 0.602. The molecule has 0 saturated carbocycles. The lowest BCUT2D eigenvalue weighted by molar-refractivity contribution is 0.416. The molecule has 1 heteroatoms. The zero-order chi connectivity index (χ0) is 15.7. The third-order valence-electron chi connectivity index (χ3n) is 3.71. The monoisotopic (exact) mass is 289 g/mol. The van der Waals surface area contributed by atoms with Crippen molar-refractivity contribution in [3.05, 3.63) is 35.4 Å². The van der Waals surface area contributed by atoms with Crippen LogP contribution in [0.5, 0.6) is 0 Å². The molecular formula is C20H35N. The minimum absolute atomic E-state index is 0.262. The molecule has 0 aliphatic rings. The van der Waals surface area contributed by atoms with Crippen LogP contribution < -0.4 is 5.32 Å². The lowest BCUT2D eigenvalue weighted by atomic mass is 10.00. The van der Waals surface area contributed by atoms with Crippen LogP contribution in [0.3, 0.4) is 0 Å². The van der Waals surface area contributed by atoms with Gasteiger partial charge in [0.2, 0.25) is 0 Å². The molecule has 0 bridgehead atoms. The molecule has 0 saturated heterocycles. The van der Waals surface area contributed by atoms with Gasteiger partial charge in [0.25, 0.3) is 0 Å². The minimum Gasteiger partial charge on any atom is -0.312 e. The number of hydrogen-bond donors (Lipinski definition) is 1. The SMILES string of the molecule is CC(C)Cc1ccc(CCCCCCNC(C)(C)C)cc1. The number of aryl methyl sites for hydroxylation is 1. The molecule has 0 heterocycles. The number of benzene rings is 1. The second-order valence-electron chi connectivity index (χ2n) is 7.76. The maximum Gasteiger partial charge on any atom is 0.00965 e. The predicted octanol–water partition coefficient (Wildman–Crippen LogP) is 5.38. The Bertz CT molecular complexity index is 370. The van der Waals surface area contributed by atoms with Crippen molar-refractivity contribution in [2.45, 2.75) is 78.7 Å². The summed E-state index contributed by atoms with van der Waals surface area (Å²) >= 11 is 0. The fraction of sp³-hybridized carbons (Fsp3) is 0.700. The third-order valence-corrected chi connectivity index (χ3v) is 3.71. The van der Waals surface area contributed by atoms with Crippen LogP contribution in [0, 0.1) is 5.92 Å². The summed E-state index contributed by atoms with van der Waals surface area (Å²) in [6.07, 6.45) is 7.73. The van der Waals surface area contributed by atoms with Gasteiger partial charge in [-0.25, -0.2) is 0 Å². The molecule has 0 radical (unpaired) electrons. The summed E-state index contributed by atoms with van der Waals surface area (Å²) in [6, 6.07) is 9.25. The van der Waals surface area contributed by atoms with Crippen LogP contribution in [-0.2, 0) is 12.8 Å². The molecule has 1 aromatic carbocycles. The molecule has 0 unspecified atom stereocenters. The van der Waals surface area contributed by atoms with Gasteiger partial charge in [0.1, 0.15) is 0 Å². The topological polar surface area (TPSA) is 12.0 Å². The van der Waals surface area contributed by atoms with Gasteiger partial charge < -0.3 is 5.32 Å². The summed E-state index contributed by atoms with van der Waals surface area (Å²) in [7, 11) is 0. The molecule has 0 aliphatic carbocycles. The van der Waals surface area contributed by atoms with Crippen molar-refractivity contribution in [1.82, 2.24) is 5.32 Å². The molecule has 120 valence electrons. The molecule has 0 spiro atoms. The van der Waals surface area contributed by atoms with Crippen molar-refractivity contribution in [3.8, 4) is 0 Å². The largest absolute Gasteiger partial charge is 0.312 e. The Balaban J connectivity index is 2.10. The highest BCUT2D eigenvalue weighted by molar-refractivity contribution is 5.22. The Kier molecular flexibility index (Phi) is 8.03. The first-order valence-electron chi connectivity index (χ1n) is 8.69. The lowest BCUT2D eigenvalue weighted by Gasteiger charge is -2.20. The van der Waals surface area contributed by atoms with Crippen LogP contribution in [0.15, 0.2) is 24.3 Å². The van der Waals surface area contributed by atoms with Crippen LogP contribution >= 0.6 is 0 Å². The molecule has 0 amide bonds. The molecular weight excluding hydrogens is 254 g/mol. The minimum atomic E-state index is 0.262. The van der Waals surface area contributed by atoms with E-state index < -0.39 is 0 Å². The third kappa shape index (κ3) is 9.68. The van der Waals surface area contributed by atoms with E-state index in [0.29, 0.717) is 0 Å². The number of rotatable bonds is 9. The summed E-state index contributed by atoms with van der Waals surface area (Å²) < 4.78 is 0. The van der Waals surface area contributed by atoms with E-state index in [1.54, 1.807) is 0 Å². The second kappa shape index (κ2) is 9.25. The molecule has 1 aromatic rings. The molecule has 1 N–H and O–H groups in total. The second-order valence-corrected chi connectivity index (χ2v) is 7.76. The smallest absolute Gasteiger partial charge is 0.00965 e. The van der Waals surface area contributed by atoms with Crippen LogP contribution in [-0.4, -0.2) is 12.1 Å². The summed E-state index contributed by atoms with van der Waals surface area (Å²) in [6.45, 7) is 12.4. The highest BCUT2D eigenvalue weighted by atomic mass is 14.9. The van der Waals surface area contributed by atoms with Gasteiger partial charge >= 0.3 is 0 Å². The molecule has 1 rings (SSSR count). The van der Waals surface area contributed by atoms with Gasteiger partial charge in [-0.2, -0.15) is 0 Å². The average molecular weight is 290 g/mol. The van der Waals surface area contributed by atoms with E-state index >= 15 is 0 Å². The molecule has 1 nitrogen and oxygen atoms in total. The van der Waals surface area contributed by atoms with Gasteiger partial charge in [-0.15, -0.1) is 0 Å². The molecule has 0 aromatic heterocycles. The van der Waals surface area contributed by atoms with E-state index in [0.717, 1.165) is 12.5 Å². The van der Waals surface area contributed by atoms with E-state index in [-0.39, 0.29) is 5.54 Å². The van der Waals surface area contributed by atoms with E-state index in [1.165, 1.54) is 49.7 Å². The predicted molar refractivity (Wildman–Crippen MR) is 94.9 cm³/mol. The Labute approximate surface area is 132 Å². The Morgan fingerprint density at radius 3 is 2.00 bits per heavy atom. The van der Waals surface area contributed by atoms with Gasteiger partial charge in [-0.05, 0) is 70.0 Å². The first-order chi connectivity index (χ1) is 9.87. The van der Waals surface area contributed by atoms with Crippen molar-refractivity contribution >= 4 is 0 Å². The van der Waals surface area contributed by atoms with Gasteiger partial charge in [0, 0.05) is 5.54 Å². The summed E-state index contributed by atoms with van der Waals surface area (Å²) in [5, 5.41) is 3.55. The Morgan fingerprint density at radius 1 is 0.857 bits per heavy atom. The van der Waals surface area contributed by atoms with Crippen LogP contribution in [0.1, 0.15) is 71.4 Å². The zero-order valence-corrected chi connectivity index (χ0v) is 14.8. The van der Waals surface area contributed by atoms with Gasteiger partial charge in [-0.1, -0.05) is 51.0 Å². The summed E-state index contributed by atoms with van der Waals surface area (Å²) in [5.74, 6) is 0.748. The van der Waals surface area contributed by atoms with Crippen molar-refractivity contribution in [2.75, 3.05) is 6.54 Å². The zero-order valence-electron chi connectivity index (χ0n) is 14.8. The fourth-order valence-corrected chi connectivity index (χ4v) is 2.58. The summed E-state index contributed by atoms with van der Waals surface area (Å²) in [4.78, 5) is 0. The van der Waals surface area contributed by atoms with Crippen LogP contribution in [0.2, 0.25) is 0 Å². The highest BCUT2D eigenvalue weighted by Crippen LogP contribution is 2.12. The van der Waals surface area contributed by atoms with Crippen molar-refractivity contribution < 1.29 is 0 Å². The molecule has 0 aliphatic heterocycles. The highest BCUT2D eigenvalue weighted by Gasteiger charge is 2.06. The normalized spacial score (nSPS) is 12.1. The van der Waals surface area contributed by atoms with Crippen LogP contribution in [0.4, 0.5) is 0 Å². The molecule has 0 atom stereocenters. The first-order valence-corrected chi connectivity index (χ1v) is 8.69. The number of unbranched alkanes of at least 4 members (excludes halogenated alkanes) is 3. The standard InChI is InChI=1S/C20H35N/c1-17(2)16-19-13-11-18(12-14-19)10-8-6-7-9-15-21-20(3,4)5/h11-14,17,21H,6-10,15-16H2,1-5H3. The van der Waals surface area contributed by atoms with Crippen LogP contribution in [0.25, 0.3) is 0 Å². The molecule has 21 heavy (non-hydrogen) atoms. The maximum absolute atomic E-state index is 3.55. The van der Waals surface area contributed by atoms with E-state index in [2.05, 4.69) is 64.2 Å². The number of hydrogen-bond acceptors (Lipinski definition) is 1. The van der Waals surface area contributed by atoms with Gasteiger partial charge in [-0.3, -0.25) is 0 Å². The Hall–Kier alpha value is -0.820. The average Bonchev–Trinajstić information content (AvgIpc) is 2.37. The van der Waals surface area contributed by atoms with E-state index in [1.807, 2.05) is 0 Å². The maximum atomic E-state index is 3.55. The van der Waals surface area contributed by atoms with Crippen molar-refractivity contribution in [3.63, 3.8) is 0 Å². The van der Waals surface area contributed by atoms with Crippen molar-refractivity contribution in [1.29, 1.82) is 0 Å². The lowest BCUT2D eigenvalue weighted by Crippen LogP contribution is -2.36. The van der Waals surface area contributed by atoms with Gasteiger partial charge in [0.15, 0.2) is 0 Å². The number of nitrogens with one attached hydrogen (secondary N) is 1. The summed E-state index contributed by atoms with van der Waals surface area (Å²) in [5.41, 5.74) is 3.23. The van der Waals surface area contributed by atoms with Gasteiger partial charge in [0.05, 0.1) is 0 Å². The first kappa shape index (κ1) is 18.2. The fourth-order valence-electron chi connectivity index (χ4n) is 2.58. The van der Waals surface area contributed by atoms with Crippen molar-refractivity contribution in [2.24, 2.45) is 5.92 Å².